The molecule has 0 atom stereocenters. The molecule has 0 aliphatic rings. The molecule has 0 aliphatic carbocycles. The van der Waals surface area contributed by atoms with Crippen molar-refractivity contribution in [3.63, 3.8) is 0 Å². The maximum Gasteiger partial charge on any atom is 0.246 e. The molecule has 1 aromatic carbocycles. The highest BCUT2D eigenvalue weighted by molar-refractivity contribution is 5.84. The van der Waals surface area contributed by atoms with Crippen LogP contribution < -0.4 is 5.32 Å². The highest BCUT2D eigenvalue weighted by Gasteiger charge is 2.10. The number of hydrogen-bond acceptors (Lipinski definition) is 4. The van der Waals surface area contributed by atoms with Gasteiger partial charge in [-0.15, -0.1) is 0 Å². The predicted octanol–water partition coefficient (Wildman–Crippen LogP) is 2.49. The van der Waals surface area contributed by atoms with E-state index in [4.69, 9.17) is 4.52 Å². The van der Waals surface area contributed by atoms with Crippen molar-refractivity contribution in [2.24, 2.45) is 0 Å². The Morgan fingerprint density at radius 1 is 1.30 bits per heavy atom. The zero-order chi connectivity index (χ0) is 13.9. The van der Waals surface area contributed by atoms with Gasteiger partial charge in [-0.3, -0.25) is 0 Å². The van der Waals surface area contributed by atoms with Crippen LogP contribution in [0.4, 0.5) is 0 Å². The summed E-state index contributed by atoms with van der Waals surface area (Å²) in [4.78, 5) is 4.27. The van der Waals surface area contributed by atoms with Crippen molar-refractivity contribution in [3.05, 3.63) is 47.7 Å². The molecule has 0 radical (unpaired) electrons. The van der Waals surface area contributed by atoms with Crippen molar-refractivity contribution in [2.75, 3.05) is 6.54 Å². The lowest BCUT2D eigenvalue weighted by atomic mass is 10.2. The number of fused-ring (bicyclic) bond motifs is 1. The second-order valence-electron chi connectivity index (χ2n) is 4.82. The number of hydrogen-bond donors (Lipinski definition) is 1. The zero-order valence-electron chi connectivity index (χ0n) is 11.8. The van der Waals surface area contributed by atoms with Crippen LogP contribution in [0.3, 0.4) is 0 Å². The van der Waals surface area contributed by atoms with E-state index >= 15 is 0 Å². The molecule has 3 rings (SSSR count). The first-order valence-corrected chi connectivity index (χ1v) is 6.84. The van der Waals surface area contributed by atoms with E-state index in [1.165, 1.54) is 16.5 Å². The molecule has 0 saturated carbocycles. The quantitative estimate of drug-likeness (QED) is 0.774. The molecule has 5 nitrogen and oxygen atoms in total. The number of para-hydroxylation sites is 1. The van der Waals surface area contributed by atoms with Crippen LogP contribution in [0.2, 0.25) is 0 Å². The lowest BCUT2D eigenvalue weighted by Crippen LogP contribution is -2.11. The van der Waals surface area contributed by atoms with E-state index in [-0.39, 0.29) is 0 Å². The standard InChI is InChI=1S/C15H18N4O/c1-3-16-8-12-9-19(10-15-17-11(2)18-20-15)14-7-5-4-6-13(12)14/h4-7,9,16H,3,8,10H2,1-2H3. The molecule has 2 heterocycles. The van der Waals surface area contributed by atoms with Crippen LogP contribution in [0, 0.1) is 6.92 Å². The number of benzene rings is 1. The first kappa shape index (κ1) is 12.9. The molecule has 20 heavy (non-hydrogen) atoms. The van der Waals surface area contributed by atoms with Crippen LogP contribution in [0.25, 0.3) is 10.9 Å². The third kappa shape index (κ3) is 2.44. The molecule has 0 unspecified atom stereocenters. The Balaban J connectivity index is 1.97. The topological polar surface area (TPSA) is 55.9 Å². The Morgan fingerprint density at radius 2 is 2.15 bits per heavy atom. The van der Waals surface area contributed by atoms with E-state index in [0.29, 0.717) is 18.3 Å². The van der Waals surface area contributed by atoms with Crippen LogP contribution in [0.1, 0.15) is 24.2 Å². The van der Waals surface area contributed by atoms with Crippen molar-refractivity contribution in [2.45, 2.75) is 26.9 Å². The predicted molar refractivity (Wildman–Crippen MR) is 77.5 cm³/mol. The van der Waals surface area contributed by atoms with Crippen molar-refractivity contribution in [1.82, 2.24) is 20.0 Å². The van der Waals surface area contributed by atoms with Gasteiger partial charge in [0.15, 0.2) is 5.82 Å². The molecule has 0 fully saturated rings. The number of rotatable bonds is 5. The van der Waals surface area contributed by atoms with Crippen molar-refractivity contribution in [1.29, 1.82) is 0 Å². The molecular formula is C15H18N4O. The third-order valence-electron chi connectivity index (χ3n) is 3.31. The van der Waals surface area contributed by atoms with Crippen LogP contribution >= 0.6 is 0 Å². The van der Waals surface area contributed by atoms with Gasteiger partial charge in [-0.05, 0) is 25.1 Å². The number of aryl methyl sites for hydroxylation is 1. The minimum atomic E-state index is 0.605. The van der Waals surface area contributed by atoms with Crippen molar-refractivity contribution < 1.29 is 4.52 Å². The zero-order valence-corrected chi connectivity index (χ0v) is 11.8. The maximum absolute atomic E-state index is 5.21. The Morgan fingerprint density at radius 3 is 2.90 bits per heavy atom. The summed E-state index contributed by atoms with van der Waals surface area (Å²) >= 11 is 0. The van der Waals surface area contributed by atoms with Gasteiger partial charge in [0.05, 0.1) is 0 Å². The van der Waals surface area contributed by atoms with E-state index in [1.807, 2.05) is 6.92 Å². The van der Waals surface area contributed by atoms with Crippen LogP contribution in [0.15, 0.2) is 35.0 Å². The van der Waals surface area contributed by atoms with Crippen LogP contribution in [0.5, 0.6) is 0 Å². The van der Waals surface area contributed by atoms with Gasteiger partial charge in [0.1, 0.15) is 6.54 Å². The lowest BCUT2D eigenvalue weighted by molar-refractivity contribution is 0.369. The smallest absolute Gasteiger partial charge is 0.246 e. The average molecular weight is 270 g/mol. The minimum absolute atomic E-state index is 0.605. The summed E-state index contributed by atoms with van der Waals surface area (Å²) in [6.07, 6.45) is 2.16. The molecule has 0 aliphatic heterocycles. The van der Waals surface area contributed by atoms with Gasteiger partial charge in [0.2, 0.25) is 5.89 Å². The lowest BCUT2D eigenvalue weighted by Gasteiger charge is -2.00. The Bertz CT molecular complexity index is 714. The molecule has 1 N–H and O–H groups in total. The Hall–Kier alpha value is -2.14. The van der Waals surface area contributed by atoms with Gasteiger partial charge in [-0.2, -0.15) is 4.98 Å². The second kappa shape index (κ2) is 5.46. The van der Waals surface area contributed by atoms with Gasteiger partial charge >= 0.3 is 0 Å². The summed E-state index contributed by atoms with van der Waals surface area (Å²) in [5, 5.41) is 8.48. The highest BCUT2D eigenvalue weighted by atomic mass is 16.5. The van der Waals surface area contributed by atoms with E-state index in [9.17, 15) is 0 Å². The minimum Gasteiger partial charge on any atom is -0.338 e. The summed E-state index contributed by atoms with van der Waals surface area (Å²) in [5.41, 5.74) is 2.48. The molecule has 5 heteroatoms. The first-order valence-electron chi connectivity index (χ1n) is 6.84. The number of nitrogens with zero attached hydrogens (tertiary/aromatic N) is 3. The molecule has 2 aromatic heterocycles. The fourth-order valence-electron chi connectivity index (χ4n) is 2.40. The van der Waals surface area contributed by atoms with Gasteiger partial charge in [-0.1, -0.05) is 30.3 Å². The summed E-state index contributed by atoms with van der Waals surface area (Å²) in [7, 11) is 0. The van der Waals surface area contributed by atoms with Gasteiger partial charge in [-0.25, -0.2) is 0 Å². The van der Waals surface area contributed by atoms with E-state index < -0.39 is 0 Å². The molecule has 0 saturated heterocycles. The van der Waals surface area contributed by atoms with E-state index in [0.717, 1.165) is 13.1 Å². The molecule has 0 amide bonds. The molecular weight excluding hydrogens is 252 g/mol. The summed E-state index contributed by atoms with van der Waals surface area (Å²) in [6.45, 7) is 6.38. The number of aromatic nitrogens is 3. The SMILES string of the molecule is CCNCc1cn(Cc2nc(C)no2)c2ccccc12. The summed E-state index contributed by atoms with van der Waals surface area (Å²) < 4.78 is 7.37. The first-order chi connectivity index (χ1) is 9.78. The Kier molecular flexibility index (Phi) is 3.52. The maximum atomic E-state index is 5.21. The summed E-state index contributed by atoms with van der Waals surface area (Å²) in [5.74, 6) is 1.31. The van der Waals surface area contributed by atoms with E-state index in [1.54, 1.807) is 0 Å². The van der Waals surface area contributed by atoms with E-state index in [2.05, 4.69) is 57.4 Å². The monoisotopic (exact) mass is 270 g/mol. The highest BCUT2D eigenvalue weighted by Crippen LogP contribution is 2.22. The van der Waals surface area contributed by atoms with Gasteiger partial charge < -0.3 is 14.4 Å². The van der Waals surface area contributed by atoms with Crippen LogP contribution in [-0.2, 0) is 13.1 Å². The average Bonchev–Trinajstić information content (AvgIpc) is 3.02. The molecule has 3 aromatic rings. The fraction of sp³-hybridized carbons (Fsp3) is 0.333. The molecule has 0 spiro atoms. The van der Waals surface area contributed by atoms with Gasteiger partial charge in [0.25, 0.3) is 0 Å². The molecule has 104 valence electrons. The van der Waals surface area contributed by atoms with Crippen molar-refractivity contribution >= 4 is 10.9 Å². The van der Waals surface area contributed by atoms with Crippen LogP contribution in [-0.4, -0.2) is 21.3 Å². The normalized spacial score (nSPS) is 11.3. The van der Waals surface area contributed by atoms with Crippen molar-refractivity contribution in [3.8, 4) is 0 Å². The third-order valence-corrected chi connectivity index (χ3v) is 3.31. The van der Waals surface area contributed by atoms with Gasteiger partial charge in [0, 0.05) is 23.6 Å². The summed E-state index contributed by atoms with van der Waals surface area (Å²) in [6, 6.07) is 8.39. The second-order valence-corrected chi connectivity index (χ2v) is 4.82. The Labute approximate surface area is 117 Å². The number of nitrogens with one attached hydrogen (secondary N) is 1. The molecule has 0 bridgehead atoms. The largest absolute Gasteiger partial charge is 0.338 e. The fourth-order valence-corrected chi connectivity index (χ4v) is 2.40.